The van der Waals surface area contributed by atoms with E-state index in [9.17, 15) is 9.59 Å². The minimum absolute atomic E-state index is 0.0269. The van der Waals surface area contributed by atoms with E-state index in [0.29, 0.717) is 12.3 Å². The highest BCUT2D eigenvalue weighted by Crippen LogP contribution is 2.20. The third kappa shape index (κ3) is 2.48. The van der Waals surface area contributed by atoms with E-state index in [1.165, 1.54) is 6.07 Å². The van der Waals surface area contributed by atoms with Crippen LogP contribution in [0, 0.1) is 5.92 Å². The maximum Gasteiger partial charge on any atom is 0.250 e. The van der Waals surface area contributed by atoms with Crippen LogP contribution in [0.1, 0.15) is 49.2 Å². The zero-order chi connectivity index (χ0) is 12.4. The molecule has 1 aliphatic carbocycles. The second-order valence-corrected chi connectivity index (χ2v) is 5.14. The van der Waals surface area contributed by atoms with Gasteiger partial charge in [-0.2, -0.15) is 0 Å². The van der Waals surface area contributed by atoms with Crippen LogP contribution in [0.3, 0.4) is 0 Å². The summed E-state index contributed by atoms with van der Waals surface area (Å²) in [6.07, 6.45) is 3.33. The molecule has 0 saturated heterocycles. The van der Waals surface area contributed by atoms with Gasteiger partial charge >= 0.3 is 0 Å². The molecule has 0 N–H and O–H groups in total. The standard InChI is InChI=1S/C14H19NO2/c1-10(2)8-9-15-12-4-3-5-13(16)11(12)6-7-14(15)17/h6-7,10H,3-5,8-9H2,1-2H3. The molecule has 0 atom stereocenters. The van der Waals surface area contributed by atoms with Gasteiger partial charge in [0.1, 0.15) is 0 Å². The minimum atomic E-state index is 0.0269. The maximum atomic E-state index is 11.9. The lowest BCUT2D eigenvalue weighted by atomic mass is 9.94. The first-order chi connectivity index (χ1) is 8.09. The first-order valence-electron chi connectivity index (χ1n) is 6.35. The van der Waals surface area contributed by atoms with Crippen molar-refractivity contribution in [1.29, 1.82) is 0 Å². The van der Waals surface area contributed by atoms with Crippen LogP contribution >= 0.6 is 0 Å². The number of nitrogens with zero attached hydrogens (tertiary/aromatic N) is 1. The number of aromatic nitrogens is 1. The van der Waals surface area contributed by atoms with Gasteiger partial charge in [0.2, 0.25) is 0 Å². The molecule has 3 heteroatoms. The fourth-order valence-corrected chi connectivity index (χ4v) is 2.33. The van der Waals surface area contributed by atoms with Crippen molar-refractivity contribution in [3.8, 4) is 0 Å². The number of ketones is 1. The second kappa shape index (κ2) is 4.86. The molecule has 2 rings (SSSR count). The lowest BCUT2D eigenvalue weighted by molar-refractivity contribution is 0.0970. The van der Waals surface area contributed by atoms with Crippen LogP contribution in [0.2, 0.25) is 0 Å². The summed E-state index contributed by atoms with van der Waals surface area (Å²) in [5, 5.41) is 0. The normalized spacial score (nSPS) is 15.1. The Morgan fingerprint density at radius 2 is 2.00 bits per heavy atom. The third-order valence-corrected chi connectivity index (χ3v) is 3.34. The van der Waals surface area contributed by atoms with Crippen molar-refractivity contribution in [3.63, 3.8) is 0 Å². The van der Waals surface area contributed by atoms with Gasteiger partial charge < -0.3 is 4.57 Å². The lowest BCUT2D eigenvalue weighted by Gasteiger charge is -2.20. The van der Waals surface area contributed by atoms with Gasteiger partial charge in [-0.3, -0.25) is 9.59 Å². The minimum Gasteiger partial charge on any atom is -0.312 e. The Labute approximate surface area is 101 Å². The lowest BCUT2D eigenvalue weighted by Crippen LogP contribution is -2.28. The average Bonchev–Trinajstić information content (AvgIpc) is 2.27. The molecule has 0 amide bonds. The SMILES string of the molecule is CC(C)CCn1c2c(ccc1=O)C(=O)CCC2. The van der Waals surface area contributed by atoms with Gasteiger partial charge in [-0.05, 0) is 31.2 Å². The topological polar surface area (TPSA) is 39.1 Å². The molecule has 92 valence electrons. The Balaban J connectivity index is 2.39. The van der Waals surface area contributed by atoms with Crippen molar-refractivity contribution in [2.24, 2.45) is 5.92 Å². The Morgan fingerprint density at radius 1 is 1.24 bits per heavy atom. The molecule has 1 aromatic heterocycles. The Morgan fingerprint density at radius 3 is 2.71 bits per heavy atom. The molecule has 1 aliphatic rings. The predicted octanol–water partition coefficient (Wildman–Crippen LogP) is 2.41. The number of pyridine rings is 1. The van der Waals surface area contributed by atoms with Gasteiger partial charge in [-0.25, -0.2) is 0 Å². The quantitative estimate of drug-likeness (QED) is 0.804. The van der Waals surface area contributed by atoms with E-state index in [1.807, 2.05) is 0 Å². The van der Waals surface area contributed by atoms with Gasteiger partial charge in [0.25, 0.3) is 5.56 Å². The van der Waals surface area contributed by atoms with E-state index < -0.39 is 0 Å². The fourth-order valence-electron chi connectivity index (χ4n) is 2.33. The summed E-state index contributed by atoms with van der Waals surface area (Å²) in [6.45, 7) is 5.02. The molecule has 0 unspecified atom stereocenters. The molecule has 0 spiro atoms. The number of fused-ring (bicyclic) bond motifs is 1. The summed E-state index contributed by atoms with van der Waals surface area (Å²) >= 11 is 0. The van der Waals surface area contributed by atoms with Gasteiger partial charge in [-0.1, -0.05) is 13.8 Å². The largest absolute Gasteiger partial charge is 0.312 e. The molecular formula is C14H19NO2. The van der Waals surface area contributed by atoms with E-state index >= 15 is 0 Å². The monoisotopic (exact) mass is 233 g/mol. The van der Waals surface area contributed by atoms with Crippen LogP contribution in [0.4, 0.5) is 0 Å². The first kappa shape index (κ1) is 12.1. The summed E-state index contributed by atoms with van der Waals surface area (Å²) in [5.74, 6) is 0.751. The van der Waals surface area contributed by atoms with E-state index in [-0.39, 0.29) is 11.3 Å². The molecular weight excluding hydrogens is 214 g/mol. The molecule has 3 nitrogen and oxygen atoms in total. The van der Waals surface area contributed by atoms with Crippen LogP contribution in [0.15, 0.2) is 16.9 Å². The van der Waals surface area contributed by atoms with Crippen LogP contribution in [0.5, 0.6) is 0 Å². The van der Waals surface area contributed by atoms with Crippen molar-refractivity contribution in [3.05, 3.63) is 33.7 Å². The van der Waals surface area contributed by atoms with Gasteiger partial charge in [0, 0.05) is 30.3 Å². The summed E-state index contributed by atoms with van der Waals surface area (Å²) in [7, 11) is 0. The summed E-state index contributed by atoms with van der Waals surface area (Å²) in [5.41, 5.74) is 1.74. The van der Waals surface area contributed by atoms with Crippen molar-refractivity contribution in [2.75, 3.05) is 0 Å². The van der Waals surface area contributed by atoms with Crippen LogP contribution in [0.25, 0.3) is 0 Å². The Hall–Kier alpha value is -1.38. The molecule has 1 aromatic rings. The highest BCUT2D eigenvalue weighted by Gasteiger charge is 2.20. The van der Waals surface area contributed by atoms with Crippen molar-refractivity contribution >= 4 is 5.78 Å². The van der Waals surface area contributed by atoms with Gasteiger partial charge in [0.05, 0.1) is 0 Å². The molecule has 0 saturated carbocycles. The highest BCUT2D eigenvalue weighted by atomic mass is 16.1. The van der Waals surface area contributed by atoms with E-state index in [4.69, 9.17) is 0 Å². The van der Waals surface area contributed by atoms with Crippen LogP contribution in [-0.2, 0) is 13.0 Å². The number of carbonyl (C=O) groups is 1. The van der Waals surface area contributed by atoms with Gasteiger partial charge in [-0.15, -0.1) is 0 Å². The van der Waals surface area contributed by atoms with Crippen molar-refractivity contribution < 1.29 is 4.79 Å². The summed E-state index contributed by atoms with van der Waals surface area (Å²) in [4.78, 5) is 23.6. The number of carbonyl (C=O) groups excluding carboxylic acids is 1. The number of hydrogen-bond donors (Lipinski definition) is 0. The first-order valence-corrected chi connectivity index (χ1v) is 6.35. The highest BCUT2D eigenvalue weighted by molar-refractivity contribution is 5.97. The molecule has 17 heavy (non-hydrogen) atoms. The number of hydrogen-bond acceptors (Lipinski definition) is 2. The zero-order valence-electron chi connectivity index (χ0n) is 10.5. The van der Waals surface area contributed by atoms with Crippen LogP contribution in [-0.4, -0.2) is 10.4 Å². The molecule has 1 heterocycles. The summed E-state index contributed by atoms with van der Waals surface area (Å²) < 4.78 is 1.80. The Bertz CT molecular complexity index is 485. The number of rotatable bonds is 3. The summed E-state index contributed by atoms with van der Waals surface area (Å²) in [6, 6.07) is 3.23. The molecule has 0 bridgehead atoms. The number of Topliss-reactive ketones (excluding diaryl/α,β-unsaturated/α-hetero) is 1. The maximum absolute atomic E-state index is 11.9. The van der Waals surface area contributed by atoms with E-state index in [2.05, 4.69) is 13.8 Å². The molecule has 0 aliphatic heterocycles. The zero-order valence-corrected chi connectivity index (χ0v) is 10.5. The Kier molecular flexibility index (Phi) is 3.46. The van der Waals surface area contributed by atoms with E-state index in [1.54, 1.807) is 10.6 Å². The van der Waals surface area contributed by atoms with Crippen LogP contribution < -0.4 is 5.56 Å². The third-order valence-electron chi connectivity index (χ3n) is 3.34. The molecule has 0 radical (unpaired) electrons. The molecule has 0 fully saturated rings. The second-order valence-electron chi connectivity index (χ2n) is 5.14. The van der Waals surface area contributed by atoms with Crippen molar-refractivity contribution in [1.82, 2.24) is 4.57 Å². The predicted molar refractivity (Wildman–Crippen MR) is 67.4 cm³/mol. The fraction of sp³-hybridized carbons (Fsp3) is 0.571. The smallest absolute Gasteiger partial charge is 0.250 e. The van der Waals surface area contributed by atoms with Gasteiger partial charge in [0.15, 0.2) is 5.78 Å². The van der Waals surface area contributed by atoms with Crippen molar-refractivity contribution in [2.45, 2.75) is 46.1 Å². The average molecular weight is 233 g/mol. The van der Waals surface area contributed by atoms with E-state index in [0.717, 1.165) is 37.1 Å². The molecule has 0 aromatic carbocycles.